The SMILES string of the molecule is O[SiH2]C(O)c1ccccc1. The molecule has 0 aliphatic rings. The van der Waals surface area contributed by atoms with Crippen molar-refractivity contribution in [3.8, 4) is 0 Å². The van der Waals surface area contributed by atoms with Crippen molar-refractivity contribution in [1.29, 1.82) is 0 Å². The molecule has 1 unspecified atom stereocenters. The van der Waals surface area contributed by atoms with E-state index in [2.05, 4.69) is 0 Å². The molecular formula is C7H10O2Si. The lowest BCUT2D eigenvalue weighted by atomic mass is 10.2. The number of rotatable bonds is 2. The van der Waals surface area contributed by atoms with Crippen molar-refractivity contribution in [1.82, 2.24) is 0 Å². The molecule has 10 heavy (non-hydrogen) atoms. The van der Waals surface area contributed by atoms with Crippen LogP contribution in [0.4, 0.5) is 0 Å². The lowest BCUT2D eigenvalue weighted by Gasteiger charge is -2.04. The molecule has 0 bridgehead atoms. The summed E-state index contributed by atoms with van der Waals surface area (Å²) in [6.45, 7) is 0. The van der Waals surface area contributed by atoms with Crippen LogP contribution < -0.4 is 0 Å². The first-order valence-corrected chi connectivity index (χ1v) is 4.63. The molecule has 0 aliphatic carbocycles. The second-order valence-corrected chi connectivity index (χ2v) is 3.25. The van der Waals surface area contributed by atoms with Gasteiger partial charge in [0.15, 0.2) is 9.76 Å². The third-order valence-electron chi connectivity index (χ3n) is 1.36. The van der Waals surface area contributed by atoms with Crippen molar-refractivity contribution >= 4 is 9.76 Å². The van der Waals surface area contributed by atoms with Crippen molar-refractivity contribution in [2.45, 2.75) is 5.73 Å². The van der Waals surface area contributed by atoms with Gasteiger partial charge in [-0.15, -0.1) is 0 Å². The molecule has 3 heteroatoms. The fourth-order valence-corrected chi connectivity index (χ4v) is 1.26. The van der Waals surface area contributed by atoms with Crippen LogP contribution in [0.3, 0.4) is 0 Å². The third-order valence-corrected chi connectivity index (χ3v) is 2.17. The minimum Gasteiger partial charge on any atom is -0.435 e. The molecule has 0 amide bonds. The van der Waals surface area contributed by atoms with Crippen molar-refractivity contribution in [2.24, 2.45) is 0 Å². The topological polar surface area (TPSA) is 40.5 Å². The van der Waals surface area contributed by atoms with Crippen LogP contribution in [0.2, 0.25) is 0 Å². The summed E-state index contributed by atoms with van der Waals surface area (Å²) in [5.41, 5.74) is 0.220. The maximum atomic E-state index is 9.14. The zero-order valence-corrected chi connectivity index (χ0v) is 6.98. The molecule has 1 rings (SSSR count). The van der Waals surface area contributed by atoms with E-state index in [1.165, 1.54) is 0 Å². The Morgan fingerprint density at radius 2 is 1.80 bits per heavy atom. The summed E-state index contributed by atoms with van der Waals surface area (Å²) in [6, 6.07) is 9.21. The molecule has 2 N–H and O–H groups in total. The Labute approximate surface area is 62.1 Å². The second kappa shape index (κ2) is 3.51. The molecule has 1 atom stereocenters. The molecule has 0 aromatic heterocycles. The van der Waals surface area contributed by atoms with Crippen LogP contribution in [-0.4, -0.2) is 19.7 Å². The van der Waals surface area contributed by atoms with Crippen molar-refractivity contribution in [3.05, 3.63) is 35.9 Å². The molecule has 0 spiro atoms. The normalized spacial score (nSPS) is 14.2. The van der Waals surface area contributed by atoms with Crippen LogP contribution >= 0.6 is 0 Å². The van der Waals surface area contributed by atoms with Crippen LogP contribution in [0.5, 0.6) is 0 Å². The molecule has 0 heterocycles. The maximum Gasteiger partial charge on any atom is 0.190 e. The molecule has 0 aliphatic heterocycles. The lowest BCUT2D eigenvalue weighted by molar-refractivity contribution is 0.242. The van der Waals surface area contributed by atoms with Crippen molar-refractivity contribution < 1.29 is 9.90 Å². The largest absolute Gasteiger partial charge is 0.435 e. The predicted molar refractivity (Wildman–Crippen MR) is 42.2 cm³/mol. The van der Waals surface area contributed by atoms with Crippen LogP contribution in [0, 0.1) is 0 Å². The first-order valence-electron chi connectivity index (χ1n) is 3.18. The zero-order valence-electron chi connectivity index (χ0n) is 5.57. The number of aliphatic hydroxyl groups is 1. The standard InChI is InChI=1S/C7H10O2Si/c8-7(10-9)6-4-2-1-3-5-6/h1-5,7-9H,10H2. The predicted octanol–water partition coefficient (Wildman–Crippen LogP) is -0.246. The Morgan fingerprint density at radius 1 is 1.20 bits per heavy atom. The molecule has 54 valence electrons. The van der Waals surface area contributed by atoms with E-state index in [4.69, 9.17) is 9.90 Å². The first-order chi connectivity index (χ1) is 4.84. The van der Waals surface area contributed by atoms with E-state index in [0.717, 1.165) is 5.56 Å². The van der Waals surface area contributed by atoms with E-state index in [0.29, 0.717) is 0 Å². The van der Waals surface area contributed by atoms with Gasteiger partial charge < -0.3 is 9.90 Å². The van der Waals surface area contributed by atoms with Crippen LogP contribution in [-0.2, 0) is 0 Å². The highest BCUT2D eigenvalue weighted by Crippen LogP contribution is 2.08. The average Bonchev–Trinajstić information content (AvgIpc) is 2.05. The van der Waals surface area contributed by atoms with E-state index in [1.807, 2.05) is 30.3 Å². The summed E-state index contributed by atoms with van der Waals surface area (Å²) < 4.78 is 0. The third kappa shape index (κ3) is 1.67. The Morgan fingerprint density at radius 3 is 2.30 bits per heavy atom. The number of hydrogen-bond donors (Lipinski definition) is 2. The highest BCUT2D eigenvalue weighted by atomic mass is 28.2. The highest BCUT2D eigenvalue weighted by Gasteiger charge is 2.03. The van der Waals surface area contributed by atoms with E-state index in [1.54, 1.807) is 0 Å². The molecule has 1 aromatic rings. The summed E-state index contributed by atoms with van der Waals surface area (Å²) in [4.78, 5) is 8.68. The number of benzene rings is 1. The molecule has 0 fully saturated rings. The summed E-state index contributed by atoms with van der Waals surface area (Å²) in [7, 11) is -1.30. The summed E-state index contributed by atoms with van der Waals surface area (Å²) in [5.74, 6) is 0. The van der Waals surface area contributed by atoms with E-state index >= 15 is 0 Å². The summed E-state index contributed by atoms with van der Waals surface area (Å²) >= 11 is 0. The minimum absolute atomic E-state index is 0.596. The molecule has 0 saturated carbocycles. The van der Waals surface area contributed by atoms with Gasteiger partial charge in [-0.3, -0.25) is 0 Å². The Balaban J connectivity index is 2.75. The molecule has 2 nitrogen and oxygen atoms in total. The van der Waals surface area contributed by atoms with Crippen molar-refractivity contribution in [2.75, 3.05) is 0 Å². The molecule has 1 aromatic carbocycles. The monoisotopic (exact) mass is 154 g/mol. The highest BCUT2D eigenvalue weighted by molar-refractivity contribution is 6.27. The fourth-order valence-electron chi connectivity index (χ4n) is 0.781. The van der Waals surface area contributed by atoms with Gasteiger partial charge in [0.2, 0.25) is 0 Å². The number of hydrogen-bond acceptors (Lipinski definition) is 2. The lowest BCUT2D eigenvalue weighted by Crippen LogP contribution is -2.05. The quantitative estimate of drug-likeness (QED) is 0.577. The maximum absolute atomic E-state index is 9.14. The smallest absolute Gasteiger partial charge is 0.190 e. The van der Waals surface area contributed by atoms with Crippen molar-refractivity contribution in [3.63, 3.8) is 0 Å². The van der Waals surface area contributed by atoms with Gasteiger partial charge in [0.25, 0.3) is 0 Å². The van der Waals surface area contributed by atoms with Gasteiger partial charge in [0, 0.05) is 0 Å². The Bertz CT molecular complexity index is 188. The molecular weight excluding hydrogens is 144 g/mol. The van der Waals surface area contributed by atoms with Gasteiger partial charge in [-0.05, 0) is 5.56 Å². The van der Waals surface area contributed by atoms with Gasteiger partial charge >= 0.3 is 0 Å². The Kier molecular flexibility index (Phi) is 2.62. The van der Waals surface area contributed by atoms with E-state index in [9.17, 15) is 0 Å². The fraction of sp³-hybridized carbons (Fsp3) is 0.143. The minimum atomic E-state index is -1.30. The Hall–Kier alpha value is -0.643. The van der Waals surface area contributed by atoms with E-state index < -0.39 is 15.5 Å². The van der Waals surface area contributed by atoms with Gasteiger partial charge in [0.1, 0.15) is 0 Å². The van der Waals surface area contributed by atoms with Crippen LogP contribution in [0.15, 0.2) is 30.3 Å². The number of aliphatic hydroxyl groups excluding tert-OH is 1. The second-order valence-electron chi connectivity index (χ2n) is 2.11. The zero-order chi connectivity index (χ0) is 7.40. The first kappa shape index (κ1) is 7.46. The van der Waals surface area contributed by atoms with E-state index in [-0.39, 0.29) is 0 Å². The average molecular weight is 154 g/mol. The van der Waals surface area contributed by atoms with Gasteiger partial charge in [0.05, 0.1) is 5.73 Å². The van der Waals surface area contributed by atoms with Gasteiger partial charge in [-0.2, -0.15) is 0 Å². The van der Waals surface area contributed by atoms with Crippen LogP contribution in [0.1, 0.15) is 11.3 Å². The van der Waals surface area contributed by atoms with Gasteiger partial charge in [-0.25, -0.2) is 0 Å². The molecule has 0 radical (unpaired) electrons. The summed E-state index contributed by atoms with van der Waals surface area (Å²) in [5, 5.41) is 9.14. The van der Waals surface area contributed by atoms with Crippen LogP contribution in [0.25, 0.3) is 0 Å². The van der Waals surface area contributed by atoms with Gasteiger partial charge in [-0.1, -0.05) is 30.3 Å². The summed E-state index contributed by atoms with van der Waals surface area (Å²) in [6.07, 6.45) is 0. The molecule has 0 saturated heterocycles.